The lowest BCUT2D eigenvalue weighted by atomic mass is 9.87. The molecule has 3 aromatic rings. The van der Waals surface area contributed by atoms with Crippen LogP contribution < -0.4 is 16.0 Å². The Hall–Kier alpha value is -2.78. The number of hydrogen-bond donors (Lipinski definition) is 4. The van der Waals surface area contributed by atoms with E-state index in [-0.39, 0.29) is 17.4 Å². The van der Waals surface area contributed by atoms with Crippen molar-refractivity contribution in [1.29, 1.82) is 0 Å². The molecule has 0 bridgehead atoms. The number of halogens is 1. The zero-order valence-corrected chi connectivity index (χ0v) is 20.2. The number of pyridine rings is 1. The smallest absolute Gasteiger partial charge is 0.254 e. The van der Waals surface area contributed by atoms with Crippen molar-refractivity contribution in [1.82, 2.24) is 15.3 Å². The van der Waals surface area contributed by atoms with E-state index in [1.807, 2.05) is 23.7 Å². The van der Waals surface area contributed by atoms with Crippen LogP contribution in [0.3, 0.4) is 0 Å². The van der Waals surface area contributed by atoms with Crippen LogP contribution in [-0.4, -0.2) is 45.3 Å². The van der Waals surface area contributed by atoms with Gasteiger partial charge < -0.3 is 21.1 Å². The van der Waals surface area contributed by atoms with Crippen molar-refractivity contribution in [2.45, 2.75) is 63.8 Å². The van der Waals surface area contributed by atoms with E-state index >= 15 is 0 Å². The number of aromatic nitrogens is 2. The number of benzene rings is 1. The molecule has 2 aliphatic rings. The fourth-order valence-electron chi connectivity index (χ4n) is 4.68. The Morgan fingerprint density at radius 2 is 2.09 bits per heavy atom. The molecule has 1 aromatic carbocycles. The summed E-state index contributed by atoms with van der Waals surface area (Å²) in [5.41, 5.74) is 3.53. The minimum absolute atomic E-state index is 0.0310. The van der Waals surface area contributed by atoms with E-state index in [0.29, 0.717) is 36.5 Å². The van der Waals surface area contributed by atoms with Crippen LogP contribution in [0.5, 0.6) is 0 Å². The minimum Gasteiger partial charge on any atom is -0.390 e. The van der Waals surface area contributed by atoms with Gasteiger partial charge in [0.15, 0.2) is 0 Å². The van der Waals surface area contributed by atoms with Gasteiger partial charge in [-0.15, -0.1) is 11.3 Å². The van der Waals surface area contributed by atoms with E-state index in [0.717, 1.165) is 35.2 Å². The Morgan fingerprint density at radius 1 is 1.26 bits per heavy atom. The van der Waals surface area contributed by atoms with E-state index in [4.69, 9.17) is 0 Å². The van der Waals surface area contributed by atoms with Gasteiger partial charge >= 0.3 is 0 Å². The molecule has 0 saturated heterocycles. The highest BCUT2D eigenvalue weighted by Crippen LogP contribution is 2.53. The van der Waals surface area contributed by atoms with Crippen LogP contribution in [-0.2, 0) is 0 Å². The van der Waals surface area contributed by atoms with Crippen molar-refractivity contribution < 1.29 is 14.3 Å². The topological polar surface area (TPSA) is 99.2 Å². The lowest BCUT2D eigenvalue weighted by Gasteiger charge is -2.29. The number of thiazole rings is 1. The maximum atomic E-state index is 13.8. The number of carbonyl (C=O) groups excluding carboxylic acids is 1. The Bertz CT molecular complexity index is 1200. The van der Waals surface area contributed by atoms with E-state index in [1.165, 1.54) is 0 Å². The predicted molar refractivity (Wildman–Crippen MR) is 134 cm³/mol. The Kier molecular flexibility index (Phi) is 5.93. The second kappa shape index (κ2) is 8.78. The fourth-order valence-corrected chi connectivity index (χ4v) is 5.40. The van der Waals surface area contributed by atoms with Gasteiger partial charge in [0.05, 0.1) is 32.6 Å². The number of alkyl halides is 1. The van der Waals surface area contributed by atoms with Gasteiger partial charge in [-0.3, -0.25) is 4.79 Å². The summed E-state index contributed by atoms with van der Waals surface area (Å²) < 4.78 is 14.9. The molecule has 180 valence electrons. The van der Waals surface area contributed by atoms with Crippen LogP contribution in [0, 0.1) is 5.41 Å². The van der Waals surface area contributed by atoms with Crippen LogP contribution in [0.2, 0.25) is 0 Å². The summed E-state index contributed by atoms with van der Waals surface area (Å²) in [5.74, 6) is 0.339. The van der Waals surface area contributed by atoms with Crippen molar-refractivity contribution >= 4 is 44.7 Å². The molecule has 1 amide bonds. The highest BCUT2D eigenvalue weighted by Gasteiger charge is 2.53. The van der Waals surface area contributed by atoms with Crippen molar-refractivity contribution in [3.05, 3.63) is 41.5 Å². The fraction of sp³-hybridized carbons (Fsp3) is 0.480. The van der Waals surface area contributed by atoms with Gasteiger partial charge in [-0.25, -0.2) is 14.4 Å². The minimum atomic E-state index is -0.855. The van der Waals surface area contributed by atoms with E-state index in [9.17, 15) is 14.3 Å². The zero-order valence-electron chi connectivity index (χ0n) is 19.4. The third-order valence-corrected chi connectivity index (χ3v) is 8.01. The van der Waals surface area contributed by atoms with Gasteiger partial charge in [0.1, 0.15) is 12.0 Å². The molecule has 5 rings (SSSR count). The van der Waals surface area contributed by atoms with Crippen LogP contribution >= 0.6 is 11.3 Å². The molecule has 2 aromatic heterocycles. The third-order valence-electron chi connectivity index (χ3n) is 7.22. The van der Waals surface area contributed by atoms with Crippen LogP contribution in [0.15, 0.2) is 36.0 Å². The number of fused-ring (bicyclic) bond motifs is 1. The summed E-state index contributed by atoms with van der Waals surface area (Å²) in [6, 6.07) is 7.68. The monoisotopic (exact) mass is 483 g/mol. The Morgan fingerprint density at radius 3 is 2.79 bits per heavy atom. The van der Waals surface area contributed by atoms with Crippen LogP contribution in [0.1, 0.15) is 56.3 Å². The SMILES string of the molecule is CC(C)(O)C1(CNC(=O)c2cnc(Nc3ccc4ncsc4c3)cc2NC2CCC(F)C2)CC1. The highest BCUT2D eigenvalue weighted by atomic mass is 32.1. The molecule has 0 spiro atoms. The maximum Gasteiger partial charge on any atom is 0.254 e. The maximum absolute atomic E-state index is 13.8. The second-order valence-corrected chi connectivity index (χ2v) is 10.9. The number of aliphatic hydroxyl groups is 1. The van der Waals surface area contributed by atoms with Crippen LogP contribution in [0.4, 0.5) is 21.6 Å². The molecule has 9 heteroatoms. The molecule has 2 aliphatic carbocycles. The van der Waals surface area contributed by atoms with E-state index in [1.54, 1.807) is 37.4 Å². The van der Waals surface area contributed by atoms with Crippen LogP contribution in [0.25, 0.3) is 10.2 Å². The summed E-state index contributed by atoms with van der Waals surface area (Å²) in [7, 11) is 0. The summed E-state index contributed by atoms with van der Waals surface area (Å²) in [6.45, 7) is 3.98. The Labute approximate surface area is 202 Å². The van der Waals surface area contributed by atoms with Crippen molar-refractivity contribution in [2.24, 2.45) is 5.41 Å². The number of carbonyl (C=O) groups is 1. The standard InChI is InChI=1S/C25H30FN5O2S/c1-24(2,33)25(7-8-25)13-28-23(32)18-12-27-22(11-20(18)30-16-4-3-15(26)9-16)31-17-5-6-19-21(10-17)34-14-29-19/h5-6,10-12,14-16,33H,3-4,7-9,13H2,1-2H3,(H,28,32)(H2,27,30,31). The lowest BCUT2D eigenvalue weighted by Crippen LogP contribution is -2.42. The number of rotatable bonds is 8. The largest absolute Gasteiger partial charge is 0.390 e. The first-order valence-corrected chi connectivity index (χ1v) is 12.6. The lowest BCUT2D eigenvalue weighted by molar-refractivity contribution is 0.00303. The van der Waals surface area contributed by atoms with E-state index < -0.39 is 11.8 Å². The molecule has 2 saturated carbocycles. The normalized spacial score (nSPS) is 21.4. The Balaban J connectivity index is 1.36. The van der Waals surface area contributed by atoms with Crippen molar-refractivity contribution in [2.75, 3.05) is 17.2 Å². The first-order valence-electron chi connectivity index (χ1n) is 11.7. The van der Waals surface area contributed by atoms with Gasteiger partial charge in [-0.05, 0) is 64.2 Å². The summed E-state index contributed by atoms with van der Waals surface area (Å²) in [4.78, 5) is 21.9. The number of nitrogens with zero attached hydrogens (tertiary/aromatic N) is 2. The average molecular weight is 484 g/mol. The molecule has 7 nitrogen and oxygen atoms in total. The van der Waals surface area contributed by atoms with Crippen molar-refractivity contribution in [3.8, 4) is 0 Å². The molecular weight excluding hydrogens is 453 g/mol. The molecule has 2 fully saturated rings. The number of nitrogens with one attached hydrogen (secondary N) is 3. The van der Waals surface area contributed by atoms with Gasteiger partial charge in [-0.2, -0.15) is 0 Å². The molecule has 4 N–H and O–H groups in total. The van der Waals surface area contributed by atoms with E-state index in [2.05, 4.69) is 25.9 Å². The first kappa shape index (κ1) is 23.0. The molecule has 0 aliphatic heterocycles. The van der Waals surface area contributed by atoms with Gasteiger partial charge in [0, 0.05) is 36.0 Å². The summed E-state index contributed by atoms with van der Waals surface area (Å²) >= 11 is 1.57. The summed E-state index contributed by atoms with van der Waals surface area (Å²) in [5, 5.41) is 20.1. The van der Waals surface area contributed by atoms with Gasteiger partial charge in [0.2, 0.25) is 0 Å². The second-order valence-electron chi connectivity index (χ2n) is 10.0. The molecular formula is C25H30FN5O2S. The summed E-state index contributed by atoms with van der Waals surface area (Å²) in [6.07, 6.45) is 4.17. The third kappa shape index (κ3) is 4.72. The quantitative estimate of drug-likeness (QED) is 0.359. The molecule has 2 unspecified atom stereocenters. The number of anilines is 3. The molecule has 34 heavy (non-hydrogen) atoms. The average Bonchev–Trinajstić information content (AvgIpc) is 3.28. The van der Waals surface area contributed by atoms with Gasteiger partial charge in [0.25, 0.3) is 5.91 Å². The first-order chi connectivity index (χ1) is 16.2. The number of hydrogen-bond acceptors (Lipinski definition) is 7. The number of amides is 1. The highest BCUT2D eigenvalue weighted by molar-refractivity contribution is 7.16. The predicted octanol–water partition coefficient (Wildman–Crippen LogP) is 5.02. The molecule has 0 radical (unpaired) electrons. The zero-order chi connectivity index (χ0) is 23.9. The molecule has 2 atom stereocenters. The van der Waals surface area contributed by atoms with Gasteiger partial charge in [-0.1, -0.05) is 0 Å². The molecule has 2 heterocycles. The van der Waals surface area contributed by atoms with Crippen molar-refractivity contribution in [3.63, 3.8) is 0 Å².